The molecule has 1 amide bonds. The molecule has 0 aromatic rings. The molecular formula is C18H35N3O2. The molecule has 0 spiro atoms. The average molecular weight is 325 g/mol. The highest BCUT2D eigenvalue weighted by Crippen LogP contribution is 2.26. The third-order valence-corrected chi connectivity index (χ3v) is 4.76. The number of hydrogen-bond donors (Lipinski definition) is 2. The van der Waals surface area contributed by atoms with Gasteiger partial charge in [-0.25, -0.2) is 4.79 Å². The molecule has 4 unspecified atom stereocenters. The Morgan fingerprint density at radius 1 is 1.35 bits per heavy atom. The van der Waals surface area contributed by atoms with Crippen molar-refractivity contribution in [1.29, 1.82) is 0 Å². The van der Waals surface area contributed by atoms with Crippen LogP contribution >= 0.6 is 0 Å². The second-order valence-electron chi connectivity index (χ2n) is 8.25. The van der Waals surface area contributed by atoms with Gasteiger partial charge in [0.2, 0.25) is 0 Å². The van der Waals surface area contributed by atoms with Gasteiger partial charge in [-0.3, -0.25) is 0 Å². The predicted octanol–water partition coefficient (Wildman–Crippen LogP) is 2.75. The lowest BCUT2D eigenvalue weighted by Crippen LogP contribution is -2.46. The number of alkyl carbamates (subject to hydrolysis) is 1. The molecule has 5 nitrogen and oxygen atoms in total. The fourth-order valence-corrected chi connectivity index (χ4v) is 3.49. The number of amides is 1. The molecule has 0 bridgehead atoms. The minimum atomic E-state index is -0.431. The van der Waals surface area contributed by atoms with Gasteiger partial charge in [-0.05, 0) is 72.4 Å². The maximum absolute atomic E-state index is 11.8. The molecule has 1 saturated heterocycles. The Bertz CT molecular complexity index is 392. The third kappa shape index (κ3) is 6.30. The van der Waals surface area contributed by atoms with Gasteiger partial charge in [0.1, 0.15) is 5.60 Å². The van der Waals surface area contributed by atoms with E-state index in [0.717, 1.165) is 12.3 Å². The molecule has 5 heteroatoms. The first kappa shape index (κ1) is 18.5. The van der Waals surface area contributed by atoms with E-state index in [1.54, 1.807) is 0 Å². The molecule has 23 heavy (non-hydrogen) atoms. The van der Waals surface area contributed by atoms with Crippen LogP contribution in [0.1, 0.15) is 60.3 Å². The van der Waals surface area contributed by atoms with Crippen LogP contribution in [-0.2, 0) is 4.74 Å². The van der Waals surface area contributed by atoms with Crippen LogP contribution in [0.3, 0.4) is 0 Å². The second kappa shape index (κ2) is 7.84. The lowest BCUT2D eigenvalue weighted by molar-refractivity contribution is 0.0521. The number of piperidine rings is 1. The minimum absolute atomic E-state index is 0.225. The monoisotopic (exact) mass is 325 g/mol. The summed E-state index contributed by atoms with van der Waals surface area (Å²) in [5.74, 6) is 0.720. The number of nitrogens with zero attached hydrogens (tertiary/aromatic N) is 1. The van der Waals surface area contributed by atoms with Gasteiger partial charge in [0.25, 0.3) is 0 Å². The summed E-state index contributed by atoms with van der Waals surface area (Å²) in [4.78, 5) is 14.4. The van der Waals surface area contributed by atoms with Crippen molar-refractivity contribution in [2.75, 3.05) is 19.6 Å². The molecular weight excluding hydrogens is 290 g/mol. The SMILES string of the molecule is CCCN1CCCC(C(C)NC2CC2NC(=O)OC(C)(C)C)C1. The molecule has 0 aromatic carbocycles. The molecule has 134 valence electrons. The fourth-order valence-electron chi connectivity index (χ4n) is 3.49. The van der Waals surface area contributed by atoms with Crippen LogP contribution in [0, 0.1) is 5.92 Å². The van der Waals surface area contributed by atoms with Crippen LogP contribution < -0.4 is 10.6 Å². The van der Waals surface area contributed by atoms with E-state index >= 15 is 0 Å². The number of carbonyl (C=O) groups excluding carboxylic acids is 1. The lowest BCUT2D eigenvalue weighted by atomic mass is 9.91. The zero-order valence-corrected chi connectivity index (χ0v) is 15.5. The van der Waals surface area contributed by atoms with E-state index in [1.807, 2.05) is 20.8 Å². The van der Waals surface area contributed by atoms with E-state index in [2.05, 4.69) is 29.4 Å². The van der Waals surface area contributed by atoms with Crippen molar-refractivity contribution in [2.45, 2.75) is 84.0 Å². The number of hydrogen-bond acceptors (Lipinski definition) is 4. The van der Waals surface area contributed by atoms with E-state index in [9.17, 15) is 4.79 Å². The van der Waals surface area contributed by atoms with Crippen LogP contribution in [0.4, 0.5) is 4.79 Å². The van der Waals surface area contributed by atoms with E-state index < -0.39 is 5.60 Å². The summed E-state index contributed by atoms with van der Waals surface area (Å²) in [6, 6.07) is 1.13. The van der Waals surface area contributed by atoms with Crippen molar-refractivity contribution in [3.8, 4) is 0 Å². The van der Waals surface area contributed by atoms with Crippen molar-refractivity contribution in [1.82, 2.24) is 15.5 Å². The van der Waals surface area contributed by atoms with Crippen molar-refractivity contribution >= 4 is 6.09 Å². The Kier molecular flexibility index (Phi) is 6.32. The number of likely N-dealkylation sites (tertiary alicyclic amines) is 1. The van der Waals surface area contributed by atoms with Crippen LogP contribution in [0.25, 0.3) is 0 Å². The summed E-state index contributed by atoms with van der Waals surface area (Å²) in [6.45, 7) is 13.9. The Morgan fingerprint density at radius 3 is 2.74 bits per heavy atom. The van der Waals surface area contributed by atoms with Crippen LogP contribution in [0.2, 0.25) is 0 Å². The van der Waals surface area contributed by atoms with Gasteiger partial charge in [-0.1, -0.05) is 6.92 Å². The summed E-state index contributed by atoms with van der Waals surface area (Å²) in [5, 5.41) is 6.67. The third-order valence-electron chi connectivity index (χ3n) is 4.76. The Morgan fingerprint density at radius 2 is 2.09 bits per heavy atom. The predicted molar refractivity (Wildman–Crippen MR) is 93.6 cm³/mol. The highest BCUT2D eigenvalue weighted by molar-refractivity contribution is 5.68. The number of rotatable bonds is 6. The molecule has 0 radical (unpaired) electrons. The first-order valence-corrected chi connectivity index (χ1v) is 9.26. The standard InChI is InChI=1S/C18H35N3O2/c1-6-9-21-10-7-8-14(12-21)13(2)19-15-11-16(15)20-17(22)23-18(3,4)5/h13-16,19H,6-12H2,1-5H3,(H,20,22). The van der Waals surface area contributed by atoms with Crippen molar-refractivity contribution < 1.29 is 9.53 Å². The zero-order chi connectivity index (χ0) is 17.0. The summed E-state index contributed by atoms with van der Waals surface area (Å²) < 4.78 is 5.31. The molecule has 0 aromatic heterocycles. The highest BCUT2D eigenvalue weighted by atomic mass is 16.6. The second-order valence-corrected chi connectivity index (χ2v) is 8.25. The van der Waals surface area contributed by atoms with E-state index in [4.69, 9.17) is 4.74 Å². The number of carbonyl (C=O) groups is 1. The summed E-state index contributed by atoms with van der Waals surface area (Å²) in [5.41, 5.74) is -0.431. The lowest BCUT2D eigenvalue weighted by Gasteiger charge is -2.36. The molecule has 2 fully saturated rings. The van der Waals surface area contributed by atoms with Gasteiger partial charge in [0, 0.05) is 24.7 Å². The molecule has 1 aliphatic heterocycles. The first-order chi connectivity index (χ1) is 10.8. The minimum Gasteiger partial charge on any atom is -0.444 e. The molecule has 1 saturated carbocycles. The Labute approximate surface area is 141 Å². The van der Waals surface area contributed by atoms with Crippen LogP contribution in [0.5, 0.6) is 0 Å². The van der Waals surface area contributed by atoms with Gasteiger partial charge in [0.15, 0.2) is 0 Å². The molecule has 1 heterocycles. The maximum atomic E-state index is 11.8. The summed E-state index contributed by atoms with van der Waals surface area (Å²) in [7, 11) is 0. The van der Waals surface area contributed by atoms with E-state index in [-0.39, 0.29) is 12.1 Å². The van der Waals surface area contributed by atoms with Crippen molar-refractivity contribution in [3.05, 3.63) is 0 Å². The average Bonchev–Trinajstić information content (AvgIpc) is 3.14. The van der Waals surface area contributed by atoms with Crippen LogP contribution in [-0.4, -0.2) is 54.4 Å². The Hall–Kier alpha value is -0.810. The van der Waals surface area contributed by atoms with Crippen molar-refractivity contribution in [2.24, 2.45) is 5.92 Å². The molecule has 1 aliphatic carbocycles. The summed E-state index contributed by atoms with van der Waals surface area (Å²) >= 11 is 0. The first-order valence-electron chi connectivity index (χ1n) is 9.26. The topological polar surface area (TPSA) is 53.6 Å². The van der Waals surface area contributed by atoms with Gasteiger partial charge in [0.05, 0.1) is 0 Å². The molecule has 2 N–H and O–H groups in total. The maximum Gasteiger partial charge on any atom is 0.407 e. The quantitative estimate of drug-likeness (QED) is 0.788. The van der Waals surface area contributed by atoms with Crippen LogP contribution in [0.15, 0.2) is 0 Å². The number of nitrogens with one attached hydrogen (secondary N) is 2. The largest absolute Gasteiger partial charge is 0.444 e. The Balaban J connectivity index is 1.69. The van der Waals surface area contributed by atoms with Gasteiger partial charge >= 0.3 is 6.09 Å². The van der Waals surface area contributed by atoms with Gasteiger partial charge in [-0.2, -0.15) is 0 Å². The number of ether oxygens (including phenoxy) is 1. The molecule has 2 aliphatic rings. The fraction of sp³-hybridized carbons (Fsp3) is 0.944. The van der Waals surface area contributed by atoms with E-state index in [0.29, 0.717) is 12.1 Å². The highest BCUT2D eigenvalue weighted by Gasteiger charge is 2.41. The van der Waals surface area contributed by atoms with Gasteiger partial charge < -0.3 is 20.3 Å². The normalized spacial score (nSPS) is 29.9. The molecule has 4 atom stereocenters. The van der Waals surface area contributed by atoms with Crippen molar-refractivity contribution in [3.63, 3.8) is 0 Å². The smallest absolute Gasteiger partial charge is 0.407 e. The molecule has 2 rings (SSSR count). The zero-order valence-electron chi connectivity index (χ0n) is 15.5. The summed E-state index contributed by atoms with van der Waals surface area (Å²) in [6.07, 6.45) is 4.56. The van der Waals surface area contributed by atoms with Gasteiger partial charge in [-0.15, -0.1) is 0 Å². The van der Waals surface area contributed by atoms with E-state index in [1.165, 1.54) is 38.9 Å².